The summed E-state index contributed by atoms with van der Waals surface area (Å²) in [5.74, 6) is 1.40. The molecule has 0 saturated heterocycles. The van der Waals surface area contributed by atoms with Crippen LogP contribution in [0.25, 0.3) is 0 Å². The Labute approximate surface area is 148 Å². The second-order valence-electron chi connectivity index (χ2n) is 6.18. The van der Waals surface area contributed by atoms with Crippen molar-refractivity contribution in [3.63, 3.8) is 0 Å². The van der Waals surface area contributed by atoms with Crippen molar-refractivity contribution in [2.75, 3.05) is 46.4 Å². The summed E-state index contributed by atoms with van der Waals surface area (Å²) in [7, 11) is 1.76. The lowest BCUT2D eigenvalue weighted by atomic mass is 10.2. The standard InChI is InChI=1S/C18H27N3O4/c1-4-19-17(22)11-21(5-2)12-18(23)20(3)10-14-13-24-15-8-6-7-9-16(15)25-14/h6-9,14H,4-5,10-13H2,1-3H3,(H,19,22)/p+1/t14-/m0/s1. The Bertz CT molecular complexity index is 593. The number of nitrogens with zero attached hydrogens (tertiary/aromatic N) is 1. The monoisotopic (exact) mass is 350 g/mol. The van der Waals surface area contributed by atoms with Gasteiger partial charge in [-0.3, -0.25) is 9.59 Å². The van der Waals surface area contributed by atoms with E-state index in [9.17, 15) is 9.59 Å². The maximum absolute atomic E-state index is 12.4. The molecule has 25 heavy (non-hydrogen) atoms. The maximum atomic E-state index is 12.4. The Kier molecular flexibility index (Phi) is 7.06. The first-order valence-corrected chi connectivity index (χ1v) is 8.76. The van der Waals surface area contributed by atoms with Gasteiger partial charge in [0, 0.05) is 13.6 Å². The van der Waals surface area contributed by atoms with Crippen LogP contribution in [0, 0.1) is 0 Å². The molecule has 0 saturated carbocycles. The quantitative estimate of drug-likeness (QED) is 0.652. The average molecular weight is 350 g/mol. The summed E-state index contributed by atoms with van der Waals surface area (Å²) < 4.78 is 11.6. The first-order valence-electron chi connectivity index (χ1n) is 8.76. The van der Waals surface area contributed by atoms with Gasteiger partial charge in [-0.1, -0.05) is 12.1 Å². The van der Waals surface area contributed by atoms with E-state index >= 15 is 0 Å². The van der Waals surface area contributed by atoms with Crippen LogP contribution in [0.2, 0.25) is 0 Å². The second kappa shape index (κ2) is 9.27. The largest absolute Gasteiger partial charge is 0.486 e. The van der Waals surface area contributed by atoms with Gasteiger partial charge in [0.05, 0.1) is 13.1 Å². The number of ether oxygens (including phenoxy) is 2. The minimum absolute atomic E-state index is 0.0105. The molecule has 0 radical (unpaired) electrons. The van der Waals surface area contributed by atoms with Crippen molar-refractivity contribution in [1.82, 2.24) is 10.2 Å². The SMILES string of the molecule is CCNC(=O)C[NH+](CC)CC(=O)N(C)C[C@H]1COc2ccccc2O1. The van der Waals surface area contributed by atoms with Crippen molar-refractivity contribution in [1.29, 1.82) is 0 Å². The molecule has 0 bridgehead atoms. The van der Waals surface area contributed by atoms with E-state index in [-0.39, 0.29) is 24.5 Å². The summed E-state index contributed by atoms with van der Waals surface area (Å²) in [4.78, 5) is 26.7. The van der Waals surface area contributed by atoms with E-state index in [2.05, 4.69) is 5.32 Å². The number of carbonyl (C=O) groups excluding carboxylic acids is 2. The van der Waals surface area contributed by atoms with Crippen LogP contribution in [-0.4, -0.2) is 69.2 Å². The Morgan fingerprint density at radius 2 is 1.96 bits per heavy atom. The number of nitrogens with one attached hydrogen (secondary N) is 2. The number of amides is 2. The Morgan fingerprint density at radius 3 is 2.64 bits per heavy atom. The molecular formula is C18H28N3O4+. The smallest absolute Gasteiger partial charge is 0.277 e. The van der Waals surface area contributed by atoms with E-state index in [4.69, 9.17) is 9.47 Å². The highest BCUT2D eigenvalue weighted by Crippen LogP contribution is 2.30. The predicted octanol–water partition coefficient (Wildman–Crippen LogP) is -0.674. The fraction of sp³-hybridized carbons (Fsp3) is 0.556. The zero-order chi connectivity index (χ0) is 18.2. The highest BCUT2D eigenvalue weighted by Gasteiger charge is 2.25. The molecule has 0 spiro atoms. The number of para-hydroxylation sites is 2. The molecule has 7 nitrogen and oxygen atoms in total. The van der Waals surface area contributed by atoms with Crippen molar-refractivity contribution in [3.05, 3.63) is 24.3 Å². The summed E-state index contributed by atoms with van der Waals surface area (Å²) in [6.45, 7) is 6.62. The molecule has 2 atom stereocenters. The molecule has 1 aliphatic rings. The first kappa shape index (κ1) is 19.1. The minimum atomic E-state index is -0.197. The molecule has 0 fully saturated rings. The van der Waals surface area contributed by atoms with Crippen molar-refractivity contribution < 1.29 is 24.0 Å². The summed E-state index contributed by atoms with van der Waals surface area (Å²) in [5.41, 5.74) is 0. The van der Waals surface area contributed by atoms with Gasteiger partial charge in [0.15, 0.2) is 30.7 Å². The maximum Gasteiger partial charge on any atom is 0.277 e. The third kappa shape index (κ3) is 5.63. The van der Waals surface area contributed by atoms with E-state index < -0.39 is 0 Å². The normalized spacial score (nSPS) is 16.8. The van der Waals surface area contributed by atoms with Gasteiger partial charge in [-0.05, 0) is 26.0 Å². The fourth-order valence-corrected chi connectivity index (χ4v) is 2.71. The molecule has 0 aliphatic carbocycles. The molecule has 1 aliphatic heterocycles. The molecule has 138 valence electrons. The summed E-state index contributed by atoms with van der Waals surface area (Å²) >= 11 is 0. The molecule has 1 aromatic rings. The number of carbonyl (C=O) groups is 2. The topological polar surface area (TPSA) is 72.3 Å². The lowest BCUT2D eigenvalue weighted by Gasteiger charge is -2.30. The van der Waals surface area contributed by atoms with Crippen LogP contribution in [0.4, 0.5) is 0 Å². The number of benzene rings is 1. The van der Waals surface area contributed by atoms with Gasteiger partial charge in [0.25, 0.3) is 11.8 Å². The molecule has 1 aromatic carbocycles. The number of quaternary nitrogens is 1. The van der Waals surface area contributed by atoms with E-state index in [0.29, 0.717) is 38.5 Å². The van der Waals surface area contributed by atoms with Crippen LogP contribution in [0.1, 0.15) is 13.8 Å². The van der Waals surface area contributed by atoms with Gasteiger partial charge in [-0.2, -0.15) is 0 Å². The molecule has 7 heteroatoms. The highest BCUT2D eigenvalue weighted by atomic mass is 16.6. The molecular weight excluding hydrogens is 322 g/mol. The van der Waals surface area contributed by atoms with Crippen LogP contribution in [0.3, 0.4) is 0 Å². The highest BCUT2D eigenvalue weighted by molar-refractivity contribution is 5.78. The molecule has 1 unspecified atom stereocenters. The summed E-state index contributed by atoms with van der Waals surface area (Å²) in [6.07, 6.45) is -0.197. The Hall–Kier alpha value is -2.28. The molecule has 2 amide bonds. The van der Waals surface area contributed by atoms with E-state index in [1.54, 1.807) is 11.9 Å². The Morgan fingerprint density at radius 1 is 1.24 bits per heavy atom. The molecule has 0 aromatic heterocycles. The van der Waals surface area contributed by atoms with E-state index in [1.165, 1.54) is 0 Å². The Balaban J connectivity index is 1.82. The molecule has 2 N–H and O–H groups in total. The number of likely N-dealkylation sites (N-methyl/N-ethyl adjacent to an activating group) is 3. The van der Waals surface area contributed by atoms with Gasteiger partial charge in [0.2, 0.25) is 0 Å². The van der Waals surface area contributed by atoms with E-state index in [1.807, 2.05) is 38.1 Å². The molecule has 2 rings (SSSR count). The van der Waals surface area contributed by atoms with Gasteiger partial charge in [-0.25, -0.2) is 0 Å². The number of hydrogen-bond donors (Lipinski definition) is 2. The van der Waals surface area contributed by atoms with Crippen LogP contribution in [0.5, 0.6) is 11.5 Å². The van der Waals surface area contributed by atoms with Crippen LogP contribution in [-0.2, 0) is 9.59 Å². The van der Waals surface area contributed by atoms with Crippen LogP contribution in [0.15, 0.2) is 24.3 Å². The van der Waals surface area contributed by atoms with Gasteiger partial charge < -0.3 is 24.6 Å². The third-order valence-corrected chi connectivity index (χ3v) is 4.16. The van der Waals surface area contributed by atoms with E-state index in [0.717, 1.165) is 10.6 Å². The number of fused-ring (bicyclic) bond motifs is 1. The van der Waals surface area contributed by atoms with Gasteiger partial charge in [0.1, 0.15) is 6.61 Å². The third-order valence-electron chi connectivity index (χ3n) is 4.16. The van der Waals surface area contributed by atoms with Crippen molar-refractivity contribution in [2.24, 2.45) is 0 Å². The minimum Gasteiger partial charge on any atom is -0.486 e. The van der Waals surface area contributed by atoms with Crippen molar-refractivity contribution in [3.8, 4) is 11.5 Å². The zero-order valence-corrected chi connectivity index (χ0v) is 15.2. The van der Waals surface area contributed by atoms with Crippen LogP contribution < -0.4 is 19.7 Å². The zero-order valence-electron chi connectivity index (χ0n) is 15.2. The summed E-state index contributed by atoms with van der Waals surface area (Å²) in [5, 5.41) is 2.77. The lowest BCUT2D eigenvalue weighted by Crippen LogP contribution is -3.14. The second-order valence-corrected chi connectivity index (χ2v) is 6.18. The van der Waals surface area contributed by atoms with Gasteiger partial charge >= 0.3 is 0 Å². The first-order chi connectivity index (χ1) is 12.0. The number of rotatable bonds is 8. The average Bonchev–Trinajstić information content (AvgIpc) is 2.61. The van der Waals surface area contributed by atoms with Crippen molar-refractivity contribution in [2.45, 2.75) is 20.0 Å². The number of hydrogen-bond acceptors (Lipinski definition) is 4. The lowest BCUT2D eigenvalue weighted by molar-refractivity contribution is -0.882. The van der Waals surface area contributed by atoms with Crippen LogP contribution >= 0.6 is 0 Å². The summed E-state index contributed by atoms with van der Waals surface area (Å²) in [6, 6.07) is 7.52. The van der Waals surface area contributed by atoms with Crippen molar-refractivity contribution >= 4 is 11.8 Å². The fourth-order valence-electron chi connectivity index (χ4n) is 2.71. The predicted molar refractivity (Wildman–Crippen MR) is 93.9 cm³/mol. The molecule has 1 heterocycles. The van der Waals surface area contributed by atoms with Gasteiger partial charge in [-0.15, -0.1) is 0 Å².